The van der Waals surface area contributed by atoms with Gasteiger partial charge in [-0.05, 0) is 36.0 Å². The van der Waals surface area contributed by atoms with Crippen LogP contribution in [0.2, 0.25) is 0 Å². The van der Waals surface area contributed by atoms with Crippen LogP contribution in [0.25, 0.3) is 22.5 Å². The van der Waals surface area contributed by atoms with E-state index in [1.165, 1.54) is 35.1 Å². The van der Waals surface area contributed by atoms with Gasteiger partial charge in [0.15, 0.2) is 0 Å². The van der Waals surface area contributed by atoms with Crippen molar-refractivity contribution < 1.29 is 9.53 Å². The number of carbonyl (C=O) groups excluding carboxylic acids is 1. The van der Waals surface area contributed by atoms with Gasteiger partial charge in [-0.2, -0.15) is 5.10 Å². The topological polar surface area (TPSA) is 61.5 Å². The van der Waals surface area contributed by atoms with E-state index in [1.54, 1.807) is 18.3 Å². The first-order chi connectivity index (χ1) is 17.1. The third-order valence-electron chi connectivity index (χ3n) is 7.21. The number of benzene rings is 1. The third-order valence-corrected chi connectivity index (χ3v) is 8.05. The number of nitrogens with one attached hydrogen (secondary N) is 1. The van der Waals surface area contributed by atoms with Gasteiger partial charge in [0.05, 0.1) is 22.9 Å². The number of nitrogens with zero attached hydrogens (tertiary/aromatic N) is 3. The summed E-state index contributed by atoms with van der Waals surface area (Å²) in [5, 5.41) is 10.1. The minimum Gasteiger partial charge on any atom is -0.368 e. The van der Waals surface area contributed by atoms with Gasteiger partial charge in [-0.1, -0.05) is 30.0 Å². The Labute approximate surface area is 210 Å². The number of piperazine rings is 1. The second-order valence-electron chi connectivity index (χ2n) is 9.84. The van der Waals surface area contributed by atoms with Gasteiger partial charge in [-0.3, -0.25) is 14.8 Å². The van der Waals surface area contributed by atoms with Crippen molar-refractivity contribution in [1.82, 2.24) is 20.0 Å². The standard InChI is InChI=1S/C28H30N4O2S/c1-19(33)32-10-8-31(9-11-32)16-21-6-7-25-22(13-21)15-26-27(29-30-28(25)26)23-14-24(35-18-23)3-2-12-34-17-20-4-5-20/h6-7,13-14,18,20H,4-5,8-12,15-17H2,1H3,(H,29,30). The molecule has 0 spiro atoms. The Bertz CT molecular complexity index is 1300. The Kier molecular flexibility index (Phi) is 6.19. The maximum atomic E-state index is 11.6. The largest absolute Gasteiger partial charge is 0.368 e. The van der Waals surface area contributed by atoms with Crippen LogP contribution in [0.1, 0.15) is 41.3 Å². The summed E-state index contributed by atoms with van der Waals surface area (Å²) >= 11 is 1.66. The molecular weight excluding hydrogens is 456 g/mol. The van der Waals surface area contributed by atoms with Crippen LogP contribution in [0.5, 0.6) is 0 Å². The van der Waals surface area contributed by atoms with Crippen molar-refractivity contribution in [1.29, 1.82) is 0 Å². The number of ether oxygens (including phenoxy) is 1. The lowest BCUT2D eigenvalue weighted by Gasteiger charge is -2.34. The number of aromatic amines is 1. The van der Waals surface area contributed by atoms with Crippen molar-refractivity contribution in [3.05, 3.63) is 51.2 Å². The molecule has 0 unspecified atom stereocenters. The molecule has 6 rings (SSSR count). The molecule has 7 heteroatoms. The van der Waals surface area contributed by atoms with E-state index in [1.807, 2.05) is 4.90 Å². The summed E-state index contributed by atoms with van der Waals surface area (Å²) in [4.78, 5) is 17.0. The highest BCUT2D eigenvalue weighted by Crippen LogP contribution is 2.41. The van der Waals surface area contributed by atoms with Gasteiger partial charge in [0.1, 0.15) is 6.61 Å². The smallest absolute Gasteiger partial charge is 0.219 e. The second-order valence-corrected chi connectivity index (χ2v) is 10.7. The predicted molar refractivity (Wildman–Crippen MR) is 138 cm³/mol. The Morgan fingerprint density at radius 3 is 2.89 bits per heavy atom. The zero-order valence-electron chi connectivity index (χ0n) is 20.1. The number of aromatic nitrogens is 2. The first-order valence-corrected chi connectivity index (χ1v) is 13.3. The maximum Gasteiger partial charge on any atom is 0.219 e. The fraction of sp³-hybridized carbons (Fsp3) is 0.429. The number of hydrogen-bond acceptors (Lipinski definition) is 5. The Hall–Kier alpha value is -2.92. The minimum atomic E-state index is 0.176. The lowest BCUT2D eigenvalue weighted by molar-refractivity contribution is -0.130. The van der Waals surface area contributed by atoms with Gasteiger partial charge in [-0.15, -0.1) is 11.3 Å². The molecule has 2 fully saturated rings. The molecule has 2 aliphatic carbocycles. The van der Waals surface area contributed by atoms with Crippen LogP contribution < -0.4 is 0 Å². The predicted octanol–water partition coefficient (Wildman–Crippen LogP) is 4.15. The van der Waals surface area contributed by atoms with E-state index in [0.717, 1.165) is 73.5 Å². The number of H-pyrrole nitrogens is 1. The summed E-state index contributed by atoms with van der Waals surface area (Å²) in [6, 6.07) is 8.95. The van der Waals surface area contributed by atoms with Crippen molar-refractivity contribution in [3.63, 3.8) is 0 Å². The highest BCUT2D eigenvalue weighted by molar-refractivity contribution is 7.11. The number of amides is 1. The molecule has 1 aromatic carbocycles. The Morgan fingerprint density at radius 1 is 1.23 bits per heavy atom. The number of hydrogen-bond donors (Lipinski definition) is 1. The van der Waals surface area contributed by atoms with Crippen molar-refractivity contribution in [3.8, 4) is 34.4 Å². The van der Waals surface area contributed by atoms with E-state index in [2.05, 4.69) is 56.6 Å². The maximum absolute atomic E-state index is 11.6. The fourth-order valence-corrected chi connectivity index (χ4v) is 5.77. The Morgan fingerprint density at radius 2 is 2.09 bits per heavy atom. The SMILES string of the molecule is CC(=O)N1CCN(Cc2ccc3c(c2)Cc2c(-c4csc(C#CCOCC5CC5)c4)n[nH]c2-3)CC1. The van der Waals surface area contributed by atoms with Crippen molar-refractivity contribution in [2.75, 3.05) is 39.4 Å². The normalized spacial score (nSPS) is 17.1. The second kappa shape index (κ2) is 9.62. The molecule has 1 amide bonds. The lowest BCUT2D eigenvalue weighted by atomic mass is 10.0. The average Bonchev–Trinajstić information content (AvgIpc) is 3.24. The molecule has 180 valence electrons. The van der Waals surface area contributed by atoms with Crippen molar-refractivity contribution in [2.45, 2.75) is 32.7 Å². The number of fused-ring (bicyclic) bond motifs is 3. The van der Waals surface area contributed by atoms with E-state index in [-0.39, 0.29) is 5.91 Å². The summed E-state index contributed by atoms with van der Waals surface area (Å²) < 4.78 is 5.62. The first kappa shape index (κ1) is 22.5. The highest BCUT2D eigenvalue weighted by atomic mass is 32.1. The van der Waals surface area contributed by atoms with Crippen LogP contribution in [0, 0.1) is 17.8 Å². The molecule has 2 aromatic heterocycles. The molecule has 1 saturated heterocycles. The zero-order chi connectivity index (χ0) is 23.8. The minimum absolute atomic E-state index is 0.176. The molecule has 1 saturated carbocycles. The van der Waals surface area contributed by atoms with Crippen molar-refractivity contribution >= 4 is 17.2 Å². The number of rotatable bonds is 6. The summed E-state index contributed by atoms with van der Waals surface area (Å²) in [6.07, 6.45) is 3.51. The van der Waals surface area contributed by atoms with E-state index in [0.29, 0.717) is 6.61 Å². The molecule has 0 radical (unpaired) electrons. The van der Waals surface area contributed by atoms with E-state index in [9.17, 15) is 4.79 Å². The summed E-state index contributed by atoms with van der Waals surface area (Å²) in [5.74, 6) is 7.33. The summed E-state index contributed by atoms with van der Waals surface area (Å²) in [6.45, 7) is 7.44. The molecule has 3 aromatic rings. The van der Waals surface area contributed by atoms with Gasteiger partial charge in [0.25, 0.3) is 0 Å². The molecule has 0 atom stereocenters. The molecule has 1 N–H and O–H groups in total. The van der Waals surface area contributed by atoms with E-state index >= 15 is 0 Å². The van der Waals surface area contributed by atoms with Crippen LogP contribution in [-0.4, -0.2) is 65.3 Å². The van der Waals surface area contributed by atoms with Crippen LogP contribution in [0.4, 0.5) is 0 Å². The molecular formula is C28H30N4O2S. The van der Waals surface area contributed by atoms with Gasteiger partial charge in [-0.25, -0.2) is 0 Å². The number of thiophene rings is 1. The highest BCUT2D eigenvalue weighted by Gasteiger charge is 2.26. The zero-order valence-corrected chi connectivity index (χ0v) is 20.9. The van der Waals surface area contributed by atoms with Gasteiger partial charge in [0.2, 0.25) is 5.91 Å². The van der Waals surface area contributed by atoms with E-state index < -0.39 is 0 Å². The monoisotopic (exact) mass is 486 g/mol. The van der Waals surface area contributed by atoms with Crippen LogP contribution in [0.3, 0.4) is 0 Å². The van der Waals surface area contributed by atoms with E-state index in [4.69, 9.17) is 4.74 Å². The molecule has 1 aliphatic heterocycles. The number of carbonyl (C=O) groups is 1. The summed E-state index contributed by atoms with van der Waals surface area (Å²) in [5.41, 5.74) is 8.53. The average molecular weight is 487 g/mol. The van der Waals surface area contributed by atoms with Crippen LogP contribution >= 0.6 is 11.3 Å². The van der Waals surface area contributed by atoms with Crippen LogP contribution in [0.15, 0.2) is 29.6 Å². The van der Waals surface area contributed by atoms with Crippen LogP contribution in [-0.2, 0) is 22.5 Å². The van der Waals surface area contributed by atoms with Gasteiger partial charge >= 0.3 is 0 Å². The fourth-order valence-electron chi connectivity index (χ4n) is 5.01. The Balaban J connectivity index is 1.11. The molecule has 6 nitrogen and oxygen atoms in total. The van der Waals surface area contributed by atoms with Crippen molar-refractivity contribution in [2.24, 2.45) is 5.92 Å². The third kappa shape index (κ3) is 4.92. The first-order valence-electron chi connectivity index (χ1n) is 12.5. The molecule has 35 heavy (non-hydrogen) atoms. The van der Waals surface area contributed by atoms with Gasteiger partial charge < -0.3 is 9.64 Å². The quantitative estimate of drug-likeness (QED) is 0.329. The molecule has 0 bridgehead atoms. The lowest BCUT2D eigenvalue weighted by Crippen LogP contribution is -2.47. The van der Waals surface area contributed by atoms with Gasteiger partial charge in [0, 0.05) is 68.1 Å². The molecule has 3 heterocycles. The molecule has 3 aliphatic rings. The summed E-state index contributed by atoms with van der Waals surface area (Å²) in [7, 11) is 0.